The van der Waals surface area contributed by atoms with Gasteiger partial charge < -0.3 is 15.8 Å². The number of aromatic nitrogens is 3. The molecule has 0 saturated heterocycles. The highest BCUT2D eigenvalue weighted by atomic mass is 16.4. The lowest BCUT2D eigenvalue weighted by molar-refractivity contribution is -0.137. The summed E-state index contributed by atoms with van der Waals surface area (Å²) in [5, 5.41) is 8.73. The molecule has 0 spiro atoms. The van der Waals surface area contributed by atoms with Gasteiger partial charge in [0, 0.05) is 23.7 Å². The minimum Gasteiger partial charge on any atom is -0.481 e. The second kappa shape index (κ2) is 4.97. The van der Waals surface area contributed by atoms with Crippen LogP contribution in [-0.4, -0.2) is 26.0 Å². The molecule has 2 aromatic heterocycles. The lowest BCUT2D eigenvalue weighted by atomic mass is 10.1. The number of nitrogens with zero attached hydrogens (tertiary/aromatic N) is 2. The number of carboxylic acid groups (broad SMARTS) is 1. The first-order valence-electron chi connectivity index (χ1n) is 5.52. The van der Waals surface area contributed by atoms with Crippen molar-refractivity contribution >= 4 is 5.97 Å². The summed E-state index contributed by atoms with van der Waals surface area (Å²) in [5.41, 5.74) is 8.19. The van der Waals surface area contributed by atoms with Crippen LogP contribution in [0.3, 0.4) is 0 Å². The minimum atomic E-state index is -0.962. The molecule has 6 nitrogen and oxygen atoms in total. The zero-order chi connectivity index (χ0) is 13.1. The van der Waals surface area contributed by atoms with E-state index in [9.17, 15) is 4.79 Å². The molecule has 0 bridgehead atoms. The third-order valence-electron chi connectivity index (χ3n) is 2.49. The molecule has 0 aliphatic heterocycles. The van der Waals surface area contributed by atoms with Gasteiger partial charge in [0.15, 0.2) is 0 Å². The van der Waals surface area contributed by atoms with Crippen LogP contribution in [0.1, 0.15) is 24.0 Å². The predicted octanol–water partition coefficient (Wildman–Crippen LogP) is 1.25. The molecule has 6 heteroatoms. The highest BCUT2D eigenvalue weighted by Crippen LogP contribution is 2.19. The molecule has 1 unspecified atom stereocenters. The molecular weight excluding hydrogens is 232 g/mol. The van der Waals surface area contributed by atoms with Crippen LogP contribution in [0.25, 0.3) is 11.3 Å². The molecule has 0 amide bonds. The second-order valence-electron chi connectivity index (χ2n) is 4.06. The quantitative estimate of drug-likeness (QED) is 0.753. The van der Waals surface area contributed by atoms with E-state index in [0.717, 1.165) is 17.0 Å². The number of hydrogen-bond acceptors (Lipinski definition) is 4. The summed E-state index contributed by atoms with van der Waals surface area (Å²) >= 11 is 0. The Morgan fingerprint density at radius 2 is 2.33 bits per heavy atom. The van der Waals surface area contributed by atoms with Crippen LogP contribution in [0, 0.1) is 6.92 Å². The van der Waals surface area contributed by atoms with Crippen LogP contribution in [0.2, 0.25) is 0 Å². The van der Waals surface area contributed by atoms with Crippen LogP contribution in [0.5, 0.6) is 0 Å². The van der Waals surface area contributed by atoms with Gasteiger partial charge in [-0.25, -0.2) is 9.97 Å². The molecule has 0 fully saturated rings. The van der Waals surface area contributed by atoms with Crippen molar-refractivity contribution in [1.82, 2.24) is 15.0 Å². The van der Waals surface area contributed by atoms with Crippen molar-refractivity contribution in [2.45, 2.75) is 19.4 Å². The summed E-state index contributed by atoms with van der Waals surface area (Å²) in [6.45, 7) is 1.83. The Kier molecular flexibility index (Phi) is 3.38. The SMILES string of the molecule is Cc1cc(-c2cc[nH]c2)nc(C(N)CC(=O)O)n1. The molecule has 2 aromatic rings. The normalized spacial score (nSPS) is 12.3. The van der Waals surface area contributed by atoms with Gasteiger partial charge in [-0.1, -0.05) is 0 Å². The van der Waals surface area contributed by atoms with Crippen LogP contribution in [0.4, 0.5) is 0 Å². The van der Waals surface area contributed by atoms with Crippen LogP contribution in [-0.2, 0) is 4.79 Å². The van der Waals surface area contributed by atoms with Crippen molar-refractivity contribution in [3.05, 3.63) is 36.0 Å². The highest BCUT2D eigenvalue weighted by molar-refractivity contribution is 5.67. The number of aliphatic carboxylic acids is 1. The van der Waals surface area contributed by atoms with E-state index in [2.05, 4.69) is 15.0 Å². The molecule has 0 aromatic carbocycles. The highest BCUT2D eigenvalue weighted by Gasteiger charge is 2.15. The number of nitrogens with one attached hydrogen (secondary N) is 1. The van der Waals surface area contributed by atoms with E-state index in [0.29, 0.717) is 5.82 Å². The number of nitrogens with two attached hydrogens (primary N) is 1. The van der Waals surface area contributed by atoms with Crippen LogP contribution >= 0.6 is 0 Å². The number of aromatic amines is 1. The molecular formula is C12H14N4O2. The number of carboxylic acids is 1. The monoisotopic (exact) mass is 246 g/mol. The largest absolute Gasteiger partial charge is 0.481 e. The number of aryl methyl sites for hydroxylation is 1. The first-order chi connectivity index (χ1) is 8.56. The topological polar surface area (TPSA) is 105 Å². The Balaban J connectivity index is 2.35. The van der Waals surface area contributed by atoms with E-state index in [1.807, 2.05) is 25.3 Å². The fourth-order valence-electron chi connectivity index (χ4n) is 1.67. The summed E-state index contributed by atoms with van der Waals surface area (Å²) in [4.78, 5) is 22.1. The first kappa shape index (κ1) is 12.3. The summed E-state index contributed by atoms with van der Waals surface area (Å²) in [6, 6.07) is 3.02. The van der Waals surface area contributed by atoms with Gasteiger partial charge in [-0.05, 0) is 19.1 Å². The van der Waals surface area contributed by atoms with Crippen molar-refractivity contribution in [2.24, 2.45) is 5.73 Å². The van der Waals surface area contributed by atoms with Gasteiger partial charge in [0.25, 0.3) is 0 Å². The van der Waals surface area contributed by atoms with Crippen LogP contribution < -0.4 is 5.73 Å². The van der Waals surface area contributed by atoms with Crippen molar-refractivity contribution in [2.75, 3.05) is 0 Å². The lowest BCUT2D eigenvalue weighted by Crippen LogP contribution is -2.18. The van der Waals surface area contributed by atoms with Gasteiger partial charge >= 0.3 is 5.97 Å². The number of carbonyl (C=O) groups is 1. The fraction of sp³-hybridized carbons (Fsp3) is 0.250. The Hall–Kier alpha value is -2.21. The van der Waals surface area contributed by atoms with Gasteiger partial charge in [0.1, 0.15) is 5.82 Å². The Morgan fingerprint density at radius 1 is 1.56 bits per heavy atom. The maximum atomic E-state index is 10.6. The van der Waals surface area contributed by atoms with Crippen molar-refractivity contribution < 1.29 is 9.90 Å². The molecule has 1 atom stereocenters. The van der Waals surface area contributed by atoms with Gasteiger partial charge in [0.2, 0.25) is 0 Å². The Morgan fingerprint density at radius 3 is 2.94 bits per heavy atom. The molecule has 2 heterocycles. The summed E-state index contributed by atoms with van der Waals surface area (Å²) < 4.78 is 0. The number of H-pyrrole nitrogens is 1. The molecule has 0 aliphatic rings. The fourth-order valence-corrected chi connectivity index (χ4v) is 1.67. The lowest BCUT2D eigenvalue weighted by Gasteiger charge is -2.10. The van der Waals surface area contributed by atoms with E-state index in [4.69, 9.17) is 10.8 Å². The van der Waals surface area contributed by atoms with E-state index < -0.39 is 12.0 Å². The molecule has 4 N–H and O–H groups in total. The zero-order valence-electron chi connectivity index (χ0n) is 9.92. The summed E-state index contributed by atoms with van der Waals surface area (Å²) in [5.74, 6) is -0.607. The third-order valence-corrected chi connectivity index (χ3v) is 2.49. The second-order valence-corrected chi connectivity index (χ2v) is 4.06. The van der Waals surface area contributed by atoms with E-state index in [-0.39, 0.29) is 6.42 Å². The van der Waals surface area contributed by atoms with E-state index in [1.165, 1.54) is 0 Å². The summed E-state index contributed by atoms with van der Waals surface area (Å²) in [7, 11) is 0. The van der Waals surface area contributed by atoms with Crippen molar-refractivity contribution in [1.29, 1.82) is 0 Å². The predicted molar refractivity (Wildman–Crippen MR) is 65.7 cm³/mol. The molecule has 2 rings (SSSR count). The Bertz CT molecular complexity index is 551. The van der Waals surface area contributed by atoms with E-state index >= 15 is 0 Å². The maximum absolute atomic E-state index is 10.6. The average molecular weight is 246 g/mol. The maximum Gasteiger partial charge on any atom is 0.305 e. The number of rotatable bonds is 4. The van der Waals surface area contributed by atoms with Gasteiger partial charge in [-0.2, -0.15) is 0 Å². The number of hydrogen-bond donors (Lipinski definition) is 3. The Labute approximate surface area is 104 Å². The minimum absolute atomic E-state index is 0.184. The molecule has 18 heavy (non-hydrogen) atoms. The van der Waals surface area contributed by atoms with Crippen molar-refractivity contribution in [3.63, 3.8) is 0 Å². The summed E-state index contributed by atoms with van der Waals surface area (Å²) in [6.07, 6.45) is 3.42. The zero-order valence-corrected chi connectivity index (χ0v) is 9.92. The molecule has 0 aliphatic carbocycles. The smallest absolute Gasteiger partial charge is 0.305 e. The molecule has 0 saturated carbocycles. The van der Waals surface area contributed by atoms with Gasteiger partial charge in [-0.15, -0.1) is 0 Å². The van der Waals surface area contributed by atoms with E-state index in [1.54, 1.807) is 6.20 Å². The molecule has 0 radical (unpaired) electrons. The third kappa shape index (κ3) is 2.72. The average Bonchev–Trinajstić information content (AvgIpc) is 2.80. The first-order valence-corrected chi connectivity index (χ1v) is 5.52. The molecule has 94 valence electrons. The standard InChI is InChI=1S/C12H14N4O2/c1-7-4-10(8-2-3-14-6-8)16-12(15-7)9(13)5-11(17)18/h2-4,6,9,14H,5,13H2,1H3,(H,17,18). The van der Waals surface area contributed by atoms with Crippen LogP contribution in [0.15, 0.2) is 24.5 Å². The van der Waals surface area contributed by atoms with Crippen molar-refractivity contribution in [3.8, 4) is 11.3 Å². The van der Waals surface area contributed by atoms with Gasteiger partial charge in [-0.3, -0.25) is 4.79 Å². The van der Waals surface area contributed by atoms with Gasteiger partial charge in [0.05, 0.1) is 18.2 Å².